The molecule has 0 saturated carbocycles. The summed E-state index contributed by atoms with van der Waals surface area (Å²) in [4.78, 5) is 0. The van der Waals surface area contributed by atoms with Gasteiger partial charge in [-0.2, -0.15) is 0 Å². The molecule has 2 nitrogen and oxygen atoms in total. The van der Waals surface area contributed by atoms with E-state index in [1.807, 2.05) is 6.08 Å². The van der Waals surface area contributed by atoms with Gasteiger partial charge in [-0.15, -0.1) is 0 Å². The van der Waals surface area contributed by atoms with E-state index in [2.05, 4.69) is 44.8 Å². The zero-order valence-electron chi connectivity index (χ0n) is 10.7. The Morgan fingerprint density at radius 3 is 2.53 bits per heavy atom. The number of hydrogen-bond acceptors (Lipinski definition) is 1. The first-order chi connectivity index (χ1) is 7.61. The molecule has 0 radical (unpaired) electrons. The van der Waals surface area contributed by atoms with Crippen molar-refractivity contribution < 1.29 is 26.6 Å². The Labute approximate surface area is 115 Å². The van der Waals surface area contributed by atoms with Crippen LogP contribution >= 0.6 is 0 Å². The van der Waals surface area contributed by atoms with Gasteiger partial charge in [0.2, 0.25) is 0 Å². The van der Waals surface area contributed by atoms with Gasteiger partial charge >= 0.3 is 0 Å². The van der Waals surface area contributed by atoms with Crippen molar-refractivity contribution in [2.24, 2.45) is 0 Å². The molecule has 0 saturated heterocycles. The van der Waals surface area contributed by atoms with E-state index in [1.54, 1.807) is 0 Å². The molecule has 0 unspecified atom stereocenters. The maximum atomic E-state index is 9.13. The molecule has 1 aromatic rings. The Balaban J connectivity index is 0.00000256. The van der Waals surface area contributed by atoms with Crippen LogP contribution in [0.2, 0.25) is 0 Å². The van der Waals surface area contributed by atoms with Crippen molar-refractivity contribution in [3.8, 4) is 0 Å². The highest BCUT2D eigenvalue weighted by Gasteiger charge is 2.20. The van der Waals surface area contributed by atoms with Crippen LogP contribution in [0.15, 0.2) is 36.9 Å². The van der Waals surface area contributed by atoms with E-state index in [0.29, 0.717) is 0 Å². The number of halogens is 1. The van der Waals surface area contributed by atoms with E-state index in [9.17, 15) is 0 Å². The van der Waals surface area contributed by atoms with Gasteiger partial charge in [-0.1, -0.05) is 30.8 Å². The third kappa shape index (κ3) is 5.02. The maximum absolute atomic E-state index is 9.13. The monoisotopic (exact) mass is 299 g/mol. The molecular weight excluding hydrogens is 278 g/mol. The number of aryl methyl sites for hydroxylation is 1. The molecule has 1 atom stereocenters. The van der Waals surface area contributed by atoms with E-state index in [4.69, 9.17) is 5.11 Å². The lowest BCUT2D eigenvalue weighted by atomic mass is 10.1. The minimum atomic E-state index is 0. The number of benzene rings is 1. The van der Waals surface area contributed by atoms with Crippen molar-refractivity contribution in [3.63, 3.8) is 0 Å². The molecule has 1 N–H and O–H groups in total. The van der Waals surface area contributed by atoms with E-state index in [0.717, 1.165) is 24.1 Å². The smallest absolute Gasteiger partial charge is 0.105 e. The van der Waals surface area contributed by atoms with Crippen LogP contribution in [-0.2, 0) is 6.54 Å². The molecule has 0 aliphatic rings. The van der Waals surface area contributed by atoms with E-state index >= 15 is 0 Å². The second-order valence-corrected chi connectivity index (χ2v) is 4.62. The average molecular weight is 300 g/mol. The van der Waals surface area contributed by atoms with Gasteiger partial charge < -0.3 is 26.6 Å². The van der Waals surface area contributed by atoms with Gasteiger partial charge in [0.1, 0.15) is 13.1 Å². The fraction of sp³-hybridized carbons (Fsp3) is 0.429. The fourth-order valence-electron chi connectivity index (χ4n) is 1.99. The summed E-state index contributed by atoms with van der Waals surface area (Å²) in [5, 5.41) is 9.13. The molecule has 0 fully saturated rings. The third-order valence-corrected chi connectivity index (χ3v) is 3.02. The molecule has 0 aliphatic carbocycles. The molecule has 0 amide bonds. The minimum absolute atomic E-state index is 0. The average Bonchev–Trinajstić information content (AvgIpc) is 2.22. The van der Waals surface area contributed by atoms with Gasteiger partial charge in [-0.3, -0.25) is 0 Å². The van der Waals surface area contributed by atoms with Crippen molar-refractivity contribution in [1.82, 2.24) is 0 Å². The molecule has 0 heterocycles. The molecule has 1 aromatic carbocycles. The molecule has 96 valence electrons. The molecule has 0 spiro atoms. The fourth-order valence-corrected chi connectivity index (χ4v) is 1.99. The highest BCUT2D eigenvalue weighted by Crippen LogP contribution is 2.15. The zero-order valence-corrected chi connectivity index (χ0v) is 12.3. The van der Waals surface area contributed by atoms with Crippen molar-refractivity contribution in [2.75, 3.05) is 26.7 Å². The van der Waals surface area contributed by atoms with E-state index < -0.39 is 0 Å². The number of hydrogen-bond donors (Lipinski definition) is 1. The van der Waals surface area contributed by atoms with Crippen LogP contribution in [0.4, 0.5) is 0 Å². The molecule has 3 heteroatoms. The SMILES string of the molecule is C=CC[N@+](C)(CCO)Cc1ccccc1C.[Br-]. The summed E-state index contributed by atoms with van der Waals surface area (Å²) in [6.07, 6.45) is 1.92. The predicted octanol–water partition coefficient (Wildman–Crippen LogP) is -0.876. The quantitative estimate of drug-likeness (QED) is 0.535. The number of likely N-dealkylation sites (N-methyl/N-ethyl adjacent to an activating group) is 1. The molecule has 0 bridgehead atoms. The van der Waals surface area contributed by atoms with Gasteiger partial charge in [0.05, 0.1) is 20.2 Å². The van der Waals surface area contributed by atoms with Crippen LogP contribution in [0.3, 0.4) is 0 Å². The number of aliphatic hydroxyl groups is 1. The summed E-state index contributed by atoms with van der Waals surface area (Å²) < 4.78 is 0.810. The largest absolute Gasteiger partial charge is 1.00 e. The summed E-state index contributed by atoms with van der Waals surface area (Å²) in [5.74, 6) is 0. The van der Waals surface area contributed by atoms with Gasteiger partial charge in [-0.05, 0) is 18.6 Å². The van der Waals surface area contributed by atoms with Crippen LogP contribution in [-0.4, -0.2) is 36.3 Å². The molecule has 0 aromatic heterocycles. The van der Waals surface area contributed by atoms with Crippen molar-refractivity contribution >= 4 is 0 Å². The summed E-state index contributed by atoms with van der Waals surface area (Å²) in [6.45, 7) is 8.74. The Kier molecular flexibility index (Phi) is 7.35. The Bertz CT molecular complexity index is 354. The van der Waals surface area contributed by atoms with Gasteiger partial charge in [0, 0.05) is 5.56 Å². The van der Waals surface area contributed by atoms with E-state index in [-0.39, 0.29) is 23.6 Å². The van der Waals surface area contributed by atoms with Crippen LogP contribution in [0, 0.1) is 6.92 Å². The first-order valence-electron chi connectivity index (χ1n) is 5.71. The highest BCUT2D eigenvalue weighted by molar-refractivity contribution is 5.24. The number of nitrogens with zero attached hydrogens (tertiary/aromatic N) is 1. The maximum Gasteiger partial charge on any atom is 0.105 e. The number of aliphatic hydroxyl groups excluding tert-OH is 1. The van der Waals surface area contributed by atoms with Gasteiger partial charge in [0.25, 0.3) is 0 Å². The molecule has 17 heavy (non-hydrogen) atoms. The first-order valence-corrected chi connectivity index (χ1v) is 5.71. The minimum Gasteiger partial charge on any atom is -1.00 e. The van der Waals surface area contributed by atoms with Crippen molar-refractivity contribution in [2.45, 2.75) is 13.5 Å². The van der Waals surface area contributed by atoms with Crippen LogP contribution < -0.4 is 17.0 Å². The van der Waals surface area contributed by atoms with Crippen molar-refractivity contribution in [3.05, 3.63) is 48.0 Å². The summed E-state index contributed by atoms with van der Waals surface area (Å²) in [6, 6.07) is 8.42. The van der Waals surface area contributed by atoms with E-state index in [1.165, 1.54) is 11.1 Å². The lowest BCUT2D eigenvalue weighted by molar-refractivity contribution is -0.917. The molecular formula is C14H22BrNO. The Morgan fingerprint density at radius 2 is 2.00 bits per heavy atom. The molecule has 1 rings (SSSR count). The predicted molar refractivity (Wildman–Crippen MR) is 68.1 cm³/mol. The van der Waals surface area contributed by atoms with Crippen molar-refractivity contribution in [1.29, 1.82) is 0 Å². The summed E-state index contributed by atoms with van der Waals surface area (Å²) in [5.41, 5.74) is 2.66. The molecule has 0 aliphatic heterocycles. The Morgan fingerprint density at radius 1 is 1.35 bits per heavy atom. The van der Waals surface area contributed by atoms with Gasteiger partial charge in [-0.25, -0.2) is 0 Å². The zero-order chi connectivity index (χ0) is 12.0. The second kappa shape index (κ2) is 7.64. The standard InChI is InChI=1S/C14H22NO.BrH/c1-4-9-15(3,10-11-16)12-14-8-6-5-7-13(14)2;/h4-8,16H,1,9-12H2,2-3H3;1H/q+1;/p-1/t15-;/m1./s1. The second-order valence-electron chi connectivity index (χ2n) is 4.62. The normalized spacial score (nSPS) is 13.6. The van der Waals surface area contributed by atoms with Gasteiger partial charge in [0.15, 0.2) is 0 Å². The topological polar surface area (TPSA) is 20.2 Å². The van der Waals surface area contributed by atoms with Crippen LogP contribution in [0.5, 0.6) is 0 Å². The third-order valence-electron chi connectivity index (χ3n) is 3.02. The summed E-state index contributed by atoms with van der Waals surface area (Å²) in [7, 11) is 2.16. The lowest BCUT2D eigenvalue weighted by Crippen LogP contribution is -3.00. The summed E-state index contributed by atoms with van der Waals surface area (Å²) >= 11 is 0. The highest BCUT2D eigenvalue weighted by atomic mass is 79.9. The van der Waals surface area contributed by atoms with Crippen LogP contribution in [0.25, 0.3) is 0 Å². The lowest BCUT2D eigenvalue weighted by Gasteiger charge is -2.33. The number of quaternary nitrogens is 1. The van der Waals surface area contributed by atoms with Crippen LogP contribution in [0.1, 0.15) is 11.1 Å². The first kappa shape index (κ1) is 16.4. The Hall–Kier alpha value is -0.640. The number of rotatable bonds is 6.